The van der Waals surface area contributed by atoms with E-state index in [1.807, 2.05) is 19.1 Å². The quantitative estimate of drug-likeness (QED) is 0.854. The van der Waals surface area contributed by atoms with E-state index in [0.29, 0.717) is 36.9 Å². The molecule has 1 aromatic heterocycles. The number of nitrogens with two attached hydrogens (primary N) is 1. The Kier molecular flexibility index (Phi) is 3.15. The number of hydrogen-bond donors (Lipinski definition) is 1. The summed E-state index contributed by atoms with van der Waals surface area (Å²) in [7, 11) is 0. The van der Waals surface area contributed by atoms with Crippen LogP contribution in [-0.4, -0.2) is 59.1 Å². The minimum absolute atomic E-state index is 0.0269. The number of cyclic esters (lactones) is 1. The fourth-order valence-electron chi connectivity index (χ4n) is 3.19. The molecule has 2 aromatic rings. The molecule has 3 heterocycles. The number of fused-ring (bicyclic) bond motifs is 2. The fourth-order valence-corrected chi connectivity index (χ4v) is 4.04. The van der Waals surface area contributed by atoms with Crippen LogP contribution in [0.2, 0.25) is 0 Å². The van der Waals surface area contributed by atoms with Gasteiger partial charge in [0.2, 0.25) is 0 Å². The van der Waals surface area contributed by atoms with E-state index in [1.54, 1.807) is 9.80 Å². The van der Waals surface area contributed by atoms with Gasteiger partial charge in [0.05, 0.1) is 16.3 Å². The van der Waals surface area contributed by atoms with E-state index in [0.717, 1.165) is 15.8 Å². The number of amides is 2. The SMILES string of the molecule is Cc1cc(C(=O)N2CCN3C(=O)OCC3C2)cc2sc(N)nc12. The van der Waals surface area contributed by atoms with Crippen molar-refractivity contribution < 1.29 is 14.3 Å². The van der Waals surface area contributed by atoms with Crippen LogP contribution in [0.15, 0.2) is 12.1 Å². The Hall–Kier alpha value is -2.35. The first-order valence-electron chi connectivity index (χ1n) is 7.42. The van der Waals surface area contributed by atoms with E-state index in [2.05, 4.69) is 4.98 Å². The van der Waals surface area contributed by atoms with E-state index in [9.17, 15) is 9.59 Å². The van der Waals surface area contributed by atoms with Gasteiger partial charge in [-0.1, -0.05) is 11.3 Å². The zero-order valence-electron chi connectivity index (χ0n) is 12.6. The van der Waals surface area contributed by atoms with Crippen molar-refractivity contribution in [2.75, 3.05) is 32.0 Å². The first-order chi connectivity index (χ1) is 11.0. The van der Waals surface area contributed by atoms with Crippen LogP contribution in [0.25, 0.3) is 10.2 Å². The van der Waals surface area contributed by atoms with Crippen LogP contribution in [0.4, 0.5) is 9.93 Å². The lowest BCUT2D eigenvalue weighted by Gasteiger charge is -2.35. The zero-order valence-corrected chi connectivity index (χ0v) is 13.4. The number of carbonyl (C=O) groups excluding carboxylic acids is 2. The highest BCUT2D eigenvalue weighted by Crippen LogP contribution is 2.28. The van der Waals surface area contributed by atoms with Crippen molar-refractivity contribution in [2.24, 2.45) is 0 Å². The summed E-state index contributed by atoms with van der Waals surface area (Å²) < 4.78 is 5.96. The molecule has 0 bridgehead atoms. The molecule has 2 amide bonds. The van der Waals surface area contributed by atoms with Crippen molar-refractivity contribution in [2.45, 2.75) is 13.0 Å². The van der Waals surface area contributed by atoms with Gasteiger partial charge in [0.15, 0.2) is 5.13 Å². The molecule has 4 rings (SSSR count). The summed E-state index contributed by atoms with van der Waals surface area (Å²) in [4.78, 5) is 32.1. The van der Waals surface area contributed by atoms with Crippen molar-refractivity contribution in [3.63, 3.8) is 0 Å². The lowest BCUT2D eigenvalue weighted by Crippen LogP contribution is -2.53. The number of nitrogen functional groups attached to an aromatic ring is 1. The summed E-state index contributed by atoms with van der Waals surface area (Å²) in [5.74, 6) is -0.0269. The molecule has 2 aliphatic rings. The van der Waals surface area contributed by atoms with Gasteiger partial charge in [0.25, 0.3) is 5.91 Å². The largest absolute Gasteiger partial charge is 0.447 e. The van der Waals surface area contributed by atoms with Crippen molar-refractivity contribution >= 4 is 38.7 Å². The van der Waals surface area contributed by atoms with Crippen LogP contribution >= 0.6 is 11.3 Å². The molecule has 2 fully saturated rings. The van der Waals surface area contributed by atoms with Crippen LogP contribution in [-0.2, 0) is 4.74 Å². The topological polar surface area (TPSA) is 88.8 Å². The van der Waals surface area contributed by atoms with Gasteiger partial charge >= 0.3 is 6.09 Å². The number of aryl methyl sites for hydroxylation is 1. The molecule has 1 unspecified atom stereocenters. The lowest BCUT2D eigenvalue weighted by molar-refractivity contribution is 0.0617. The van der Waals surface area contributed by atoms with Crippen molar-refractivity contribution in [1.82, 2.24) is 14.8 Å². The smallest absolute Gasteiger partial charge is 0.410 e. The minimum Gasteiger partial charge on any atom is -0.447 e. The van der Waals surface area contributed by atoms with E-state index in [-0.39, 0.29) is 18.0 Å². The van der Waals surface area contributed by atoms with Gasteiger partial charge in [-0.25, -0.2) is 9.78 Å². The second kappa shape index (κ2) is 5.09. The molecule has 120 valence electrons. The number of thiazole rings is 1. The summed E-state index contributed by atoms with van der Waals surface area (Å²) in [5.41, 5.74) is 8.19. The molecule has 1 aromatic carbocycles. The third-order valence-corrected chi connectivity index (χ3v) is 5.18. The Labute approximate surface area is 136 Å². The van der Waals surface area contributed by atoms with E-state index in [4.69, 9.17) is 10.5 Å². The molecule has 0 spiro atoms. The molecule has 2 aliphatic heterocycles. The Bertz CT molecular complexity index is 818. The number of aromatic nitrogens is 1. The number of hydrogen-bond acceptors (Lipinski definition) is 6. The van der Waals surface area contributed by atoms with Gasteiger partial charge in [-0.2, -0.15) is 0 Å². The van der Waals surface area contributed by atoms with Crippen LogP contribution < -0.4 is 5.73 Å². The van der Waals surface area contributed by atoms with Crippen LogP contribution in [0.3, 0.4) is 0 Å². The maximum atomic E-state index is 12.8. The summed E-state index contributed by atoms with van der Waals surface area (Å²) in [5, 5.41) is 0.503. The van der Waals surface area contributed by atoms with Gasteiger partial charge in [-0.05, 0) is 24.6 Å². The Morgan fingerprint density at radius 1 is 1.43 bits per heavy atom. The Morgan fingerprint density at radius 2 is 2.26 bits per heavy atom. The predicted molar refractivity (Wildman–Crippen MR) is 86.5 cm³/mol. The lowest BCUT2D eigenvalue weighted by atomic mass is 10.1. The molecule has 2 saturated heterocycles. The standard InChI is InChI=1S/C15H16N4O3S/c1-8-4-9(5-11-12(8)17-14(16)23-11)13(20)18-2-3-19-10(6-18)7-22-15(19)21/h4-5,10H,2-3,6-7H2,1H3,(H2,16,17). The molecule has 7 nitrogen and oxygen atoms in total. The molecule has 0 aliphatic carbocycles. The van der Waals surface area contributed by atoms with Crippen molar-refractivity contribution in [3.05, 3.63) is 23.3 Å². The number of rotatable bonds is 1. The summed E-state index contributed by atoms with van der Waals surface area (Å²) in [6.45, 7) is 3.83. The van der Waals surface area contributed by atoms with E-state index in [1.165, 1.54) is 11.3 Å². The molecule has 23 heavy (non-hydrogen) atoms. The Balaban J connectivity index is 1.61. The molecule has 8 heteroatoms. The second-order valence-corrected chi connectivity index (χ2v) is 6.93. The highest BCUT2D eigenvalue weighted by atomic mass is 32.1. The molecule has 1 atom stereocenters. The highest BCUT2D eigenvalue weighted by molar-refractivity contribution is 7.22. The minimum atomic E-state index is -0.278. The fraction of sp³-hybridized carbons (Fsp3) is 0.400. The average Bonchev–Trinajstić information content (AvgIpc) is 3.09. The first-order valence-corrected chi connectivity index (χ1v) is 8.24. The predicted octanol–water partition coefficient (Wildman–Crippen LogP) is 1.46. The van der Waals surface area contributed by atoms with Gasteiger partial charge < -0.3 is 15.4 Å². The second-order valence-electron chi connectivity index (χ2n) is 5.87. The van der Waals surface area contributed by atoms with E-state index >= 15 is 0 Å². The van der Waals surface area contributed by atoms with Gasteiger partial charge in [0.1, 0.15) is 6.61 Å². The monoisotopic (exact) mass is 332 g/mol. The molecule has 2 N–H and O–H groups in total. The number of ether oxygens (including phenoxy) is 1. The van der Waals surface area contributed by atoms with Crippen molar-refractivity contribution in [3.8, 4) is 0 Å². The van der Waals surface area contributed by atoms with E-state index < -0.39 is 0 Å². The Morgan fingerprint density at radius 3 is 3.09 bits per heavy atom. The zero-order chi connectivity index (χ0) is 16.1. The molecule has 0 radical (unpaired) electrons. The third-order valence-electron chi connectivity index (χ3n) is 4.35. The average molecular weight is 332 g/mol. The van der Waals surface area contributed by atoms with Crippen molar-refractivity contribution in [1.29, 1.82) is 0 Å². The number of anilines is 1. The number of nitrogens with zero attached hydrogens (tertiary/aromatic N) is 3. The third kappa shape index (κ3) is 2.29. The summed E-state index contributed by atoms with van der Waals surface area (Å²) >= 11 is 1.38. The molecular formula is C15H16N4O3S. The van der Waals surface area contributed by atoms with Crippen LogP contribution in [0, 0.1) is 6.92 Å². The number of carbonyl (C=O) groups is 2. The van der Waals surface area contributed by atoms with Crippen LogP contribution in [0.5, 0.6) is 0 Å². The highest BCUT2D eigenvalue weighted by Gasteiger charge is 2.38. The summed E-state index contributed by atoms with van der Waals surface area (Å²) in [6.07, 6.45) is -0.278. The summed E-state index contributed by atoms with van der Waals surface area (Å²) in [6, 6.07) is 3.66. The molecular weight excluding hydrogens is 316 g/mol. The van der Waals surface area contributed by atoms with Crippen LogP contribution in [0.1, 0.15) is 15.9 Å². The first kappa shape index (κ1) is 14.3. The normalized spacial score (nSPS) is 20.7. The van der Waals surface area contributed by atoms with Gasteiger partial charge in [0, 0.05) is 25.2 Å². The van der Waals surface area contributed by atoms with Gasteiger partial charge in [-0.15, -0.1) is 0 Å². The molecule has 0 saturated carbocycles. The maximum absolute atomic E-state index is 12.8. The maximum Gasteiger partial charge on any atom is 0.410 e. The number of benzene rings is 1. The van der Waals surface area contributed by atoms with Gasteiger partial charge in [-0.3, -0.25) is 9.69 Å². The number of piperazine rings is 1.